The molecule has 0 bridgehead atoms. The lowest BCUT2D eigenvalue weighted by molar-refractivity contribution is -0.385. The van der Waals surface area contributed by atoms with Crippen molar-refractivity contribution in [1.29, 1.82) is 0 Å². The zero-order valence-corrected chi connectivity index (χ0v) is 10.6. The van der Waals surface area contributed by atoms with Crippen molar-refractivity contribution in [2.24, 2.45) is 0 Å². The first kappa shape index (κ1) is 14.0. The molecule has 0 fully saturated rings. The number of nitro groups is 1. The van der Waals surface area contributed by atoms with Gasteiger partial charge in [-0.25, -0.2) is 8.42 Å². The Morgan fingerprint density at radius 3 is 2.59 bits per heavy atom. The average molecular weight is 300 g/mol. The summed E-state index contributed by atoms with van der Waals surface area (Å²) >= 11 is 5.64. The highest BCUT2D eigenvalue weighted by molar-refractivity contribution is 8.13. The van der Waals surface area contributed by atoms with E-state index in [0.717, 1.165) is 0 Å². The third-order valence-electron chi connectivity index (χ3n) is 1.70. The van der Waals surface area contributed by atoms with E-state index in [0.29, 0.717) is 0 Å². The minimum atomic E-state index is -3.69. The fourth-order valence-corrected chi connectivity index (χ4v) is 1.64. The number of halogens is 2. The van der Waals surface area contributed by atoms with Gasteiger partial charge in [0, 0.05) is 27.8 Å². The van der Waals surface area contributed by atoms with E-state index in [1.54, 1.807) is 0 Å². The predicted molar refractivity (Wildman–Crippen MR) is 63.2 cm³/mol. The Morgan fingerprint density at radius 2 is 2.06 bits per heavy atom. The number of ether oxygens (including phenoxy) is 1. The summed E-state index contributed by atoms with van der Waals surface area (Å²) < 4.78 is 26.2. The molecular formula is C8H7Cl2NO5S. The monoisotopic (exact) mass is 299 g/mol. The second-order valence-electron chi connectivity index (χ2n) is 2.96. The van der Waals surface area contributed by atoms with Crippen molar-refractivity contribution in [2.45, 2.75) is 0 Å². The topological polar surface area (TPSA) is 86.5 Å². The number of nitro benzene ring substituents is 1. The fourth-order valence-electron chi connectivity index (χ4n) is 1.01. The molecule has 0 N–H and O–H groups in total. The van der Waals surface area contributed by atoms with Crippen LogP contribution < -0.4 is 4.74 Å². The Hall–Kier alpha value is -1.05. The van der Waals surface area contributed by atoms with Gasteiger partial charge in [-0.15, -0.1) is 0 Å². The van der Waals surface area contributed by atoms with E-state index < -0.39 is 19.7 Å². The van der Waals surface area contributed by atoms with Gasteiger partial charge >= 0.3 is 5.69 Å². The molecule has 1 rings (SSSR count). The van der Waals surface area contributed by atoms with Crippen LogP contribution in [0.1, 0.15) is 0 Å². The van der Waals surface area contributed by atoms with Gasteiger partial charge in [0.25, 0.3) is 0 Å². The molecule has 0 spiro atoms. The van der Waals surface area contributed by atoms with Crippen LogP contribution in [0.15, 0.2) is 18.2 Å². The molecule has 0 radical (unpaired) electrons. The van der Waals surface area contributed by atoms with Crippen molar-refractivity contribution >= 4 is 37.0 Å². The molecule has 17 heavy (non-hydrogen) atoms. The normalized spacial score (nSPS) is 11.2. The van der Waals surface area contributed by atoms with Gasteiger partial charge in [-0.3, -0.25) is 10.1 Å². The fraction of sp³-hybridized carbons (Fsp3) is 0.250. The van der Waals surface area contributed by atoms with Gasteiger partial charge < -0.3 is 4.74 Å². The zero-order chi connectivity index (χ0) is 13.1. The molecule has 0 aliphatic rings. The molecule has 0 heterocycles. The van der Waals surface area contributed by atoms with Gasteiger partial charge in [0.2, 0.25) is 9.05 Å². The summed E-state index contributed by atoms with van der Waals surface area (Å²) in [6, 6.07) is 3.75. The van der Waals surface area contributed by atoms with Crippen LogP contribution in [-0.2, 0) is 9.05 Å². The maximum absolute atomic E-state index is 10.6. The summed E-state index contributed by atoms with van der Waals surface area (Å²) in [7, 11) is 1.27. The summed E-state index contributed by atoms with van der Waals surface area (Å²) in [5.41, 5.74) is -0.290. The lowest BCUT2D eigenvalue weighted by Crippen LogP contribution is -2.09. The van der Waals surface area contributed by atoms with Gasteiger partial charge in [0.05, 0.1) is 10.7 Å². The van der Waals surface area contributed by atoms with Crippen molar-refractivity contribution in [1.82, 2.24) is 0 Å². The smallest absolute Gasteiger partial charge is 0.311 e. The highest BCUT2D eigenvalue weighted by Crippen LogP contribution is 2.29. The molecule has 94 valence electrons. The van der Waals surface area contributed by atoms with Crippen LogP contribution >= 0.6 is 22.3 Å². The summed E-state index contributed by atoms with van der Waals surface area (Å²) in [5, 5.41) is 10.9. The molecule has 0 amide bonds. The average Bonchev–Trinajstić information content (AvgIpc) is 2.15. The first-order chi connectivity index (χ1) is 7.79. The van der Waals surface area contributed by atoms with Crippen LogP contribution in [-0.4, -0.2) is 25.7 Å². The van der Waals surface area contributed by atoms with E-state index >= 15 is 0 Å². The molecule has 0 aromatic heterocycles. The number of hydrogen-bond acceptors (Lipinski definition) is 5. The molecule has 0 atom stereocenters. The Balaban J connectivity index is 2.82. The quantitative estimate of drug-likeness (QED) is 0.472. The highest BCUT2D eigenvalue weighted by atomic mass is 35.7. The van der Waals surface area contributed by atoms with Crippen molar-refractivity contribution in [2.75, 3.05) is 12.4 Å². The third-order valence-corrected chi connectivity index (χ3v) is 3.06. The standard InChI is InChI=1S/C8H7Cl2NO5S/c9-6-1-2-7(11(12)13)8(5-6)16-3-4-17(10,14)15/h1-2,5H,3-4H2. The largest absolute Gasteiger partial charge is 0.486 e. The van der Waals surface area contributed by atoms with Crippen molar-refractivity contribution in [3.8, 4) is 5.75 Å². The number of rotatable bonds is 5. The summed E-state index contributed by atoms with van der Waals surface area (Å²) in [6.45, 7) is -0.285. The van der Waals surface area contributed by atoms with Crippen LogP contribution in [0.5, 0.6) is 5.75 Å². The molecule has 6 nitrogen and oxygen atoms in total. The second kappa shape index (κ2) is 5.52. The minimum absolute atomic E-state index is 0.0946. The lowest BCUT2D eigenvalue weighted by atomic mass is 10.3. The molecule has 0 saturated carbocycles. The second-order valence-corrected chi connectivity index (χ2v) is 6.29. The van der Waals surface area contributed by atoms with Gasteiger partial charge in [-0.05, 0) is 6.07 Å². The molecule has 1 aromatic carbocycles. The van der Waals surface area contributed by atoms with E-state index in [1.807, 2.05) is 0 Å². The maximum Gasteiger partial charge on any atom is 0.311 e. The van der Waals surface area contributed by atoms with E-state index in [2.05, 4.69) is 0 Å². The molecule has 0 aliphatic carbocycles. The van der Waals surface area contributed by atoms with Crippen LogP contribution in [0.4, 0.5) is 5.69 Å². The number of hydrogen-bond donors (Lipinski definition) is 0. The van der Waals surface area contributed by atoms with Crippen LogP contribution in [0.3, 0.4) is 0 Å². The molecule has 0 aliphatic heterocycles. The number of benzene rings is 1. The van der Waals surface area contributed by atoms with Gasteiger partial charge in [0.15, 0.2) is 5.75 Å². The molecular weight excluding hydrogens is 293 g/mol. The van der Waals surface area contributed by atoms with E-state index in [-0.39, 0.29) is 23.1 Å². The van der Waals surface area contributed by atoms with E-state index in [9.17, 15) is 18.5 Å². The molecule has 0 unspecified atom stereocenters. The van der Waals surface area contributed by atoms with E-state index in [1.165, 1.54) is 18.2 Å². The SMILES string of the molecule is O=[N+]([O-])c1ccc(Cl)cc1OCCS(=O)(=O)Cl. The maximum atomic E-state index is 10.6. The van der Waals surface area contributed by atoms with Crippen LogP contribution in [0.2, 0.25) is 5.02 Å². The first-order valence-corrected chi connectivity index (χ1v) is 7.14. The number of nitrogens with zero attached hydrogens (tertiary/aromatic N) is 1. The van der Waals surface area contributed by atoms with Gasteiger partial charge in [-0.1, -0.05) is 11.6 Å². The summed E-state index contributed by atoms with van der Waals surface area (Å²) in [5.74, 6) is -0.541. The Morgan fingerprint density at radius 1 is 1.41 bits per heavy atom. The van der Waals surface area contributed by atoms with Gasteiger partial charge in [0.1, 0.15) is 6.61 Å². The highest BCUT2D eigenvalue weighted by Gasteiger charge is 2.16. The minimum Gasteiger partial charge on any atom is -0.486 e. The summed E-state index contributed by atoms with van der Waals surface area (Å²) in [4.78, 5) is 9.98. The first-order valence-electron chi connectivity index (χ1n) is 4.28. The lowest BCUT2D eigenvalue weighted by Gasteiger charge is -2.05. The third kappa shape index (κ3) is 4.76. The van der Waals surface area contributed by atoms with Crippen molar-refractivity contribution < 1.29 is 18.1 Å². The molecule has 1 aromatic rings. The Bertz CT molecular complexity index is 531. The van der Waals surface area contributed by atoms with Crippen molar-refractivity contribution in [3.63, 3.8) is 0 Å². The van der Waals surface area contributed by atoms with Crippen LogP contribution in [0, 0.1) is 10.1 Å². The van der Waals surface area contributed by atoms with Gasteiger partial charge in [-0.2, -0.15) is 0 Å². The van der Waals surface area contributed by atoms with Crippen molar-refractivity contribution in [3.05, 3.63) is 33.3 Å². The summed E-state index contributed by atoms with van der Waals surface area (Å²) in [6.07, 6.45) is 0. The predicted octanol–water partition coefficient (Wildman–Crippen LogP) is 2.20. The van der Waals surface area contributed by atoms with Crippen LogP contribution in [0.25, 0.3) is 0 Å². The van der Waals surface area contributed by atoms with E-state index in [4.69, 9.17) is 27.0 Å². The Kier molecular flexibility index (Phi) is 4.55. The molecule has 0 saturated heterocycles. The zero-order valence-electron chi connectivity index (χ0n) is 8.30. The molecule has 9 heteroatoms. The Labute approximate surface area is 107 Å².